The third-order valence-corrected chi connectivity index (χ3v) is 6.41. The Hall–Kier alpha value is -4.18. The first kappa shape index (κ1) is 25.5. The summed E-state index contributed by atoms with van der Waals surface area (Å²) in [4.78, 5) is 29.7. The molecule has 4 aromatic rings. The van der Waals surface area contributed by atoms with Gasteiger partial charge in [0, 0.05) is 40.6 Å². The van der Waals surface area contributed by atoms with Gasteiger partial charge in [-0.2, -0.15) is 18.3 Å². The van der Waals surface area contributed by atoms with Crippen LogP contribution in [0, 0.1) is 0 Å². The van der Waals surface area contributed by atoms with E-state index in [1.54, 1.807) is 54.6 Å². The quantitative estimate of drug-likeness (QED) is 0.310. The maximum Gasteiger partial charge on any atom is 0.435 e. The largest absolute Gasteiger partial charge is 0.494 e. The first-order valence-electron chi connectivity index (χ1n) is 12.1. The predicted molar refractivity (Wildman–Crippen MR) is 137 cm³/mol. The molecule has 5 rings (SSSR count). The molecular weight excluding hydrogens is 497 g/mol. The number of hydrogen-bond acceptors (Lipinski definition) is 5. The molecule has 0 spiro atoms. The average Bonchev–Trinajstić information content (AvgIpc) is 3.33. The van der Waals surface area contributed by atoms with Crippen molar-refractivity contribution in [1.82, 2.24) is 19.6 Å². The molecule has 0 fully saturated rings. The van der Waals surface area contributed by atoms with Gasteiger partial charge in [0.1, 0.15) is 5.75 Å². The summed E-state index contributed by atoms with van der Waals surface area (Å²) in [5.74, 6) is -0.362. The summed E-state index contributed by atoms with van der Waals surface area (Å²) in [6.07, 6.45) is -4.68. The van der Waals surface area contributed by atoms with Crippen LogP contribution in [0.3, 0.4) is 0 Å². The summed E-state index contributed by atoms with van der Waals surface area (Å²) >= 11 is 0. The van der Waals surface area contributed by atoms with Crippen molar-refractivity contribution < 1.29 is 27.5 Å². The van der Waals surface area contributed by atoms with E-state index >= 15 is 0 Å². The second-order valence-electron chi connectivity index (χ2n) is 9.21. The van der Waals surface area contributed by atoms with Gasteiger partial charge in [-0.15, -0.1) is 0 Å². The Bertz CT molecular complexity index is 1540. The van der Waals surface area contributed by atoms with Crippen LogP contribution in [0.2, 0.25) is 0 Å². The van der Waals surface area contributed by atoms with Crippen LogP contribution in [0.15, 0.2) is 60.7 Å². The molecule has 0 radical (unpaired) electrons. The van der Waals surface area contributed by atoms with E-state index in [4.69, 9.17) is 4.74 Å². The minimum atomic E-state index is -4.68. The highest BCUT2D eigenvalue weighted by atomic mass is 19.4. The fraction of sp³-hybridized carbons (Fsp3) is 0.250. The minimum absolute atomic E-state index is 0.195. The summed E-state index contributed by atoms with van der Waals surface area (Å²) in [6, 6.07) is 15.8. The van der Waals surface area contributed by atoms with Crippen molar-refractivity contribution in [2.45, 2.75) is 13.1 Å². The highest BCUT2D eigenvalue weighted by Crippen LogP contribution is 2.38. The molecule has 0 saturated carbocycles. The summed E-state index contributed by atoms with van der Waals surface area (Å²) in [6.45, 7) is 2.94. The molecule has 2 amide bonds. The van der Waals surface area contributed by atoms with Crippen molar-refractivity contribution in [3.8, 4) is 22.7 Å². The first-order chi connectivity index (χ1) is 18.1. The van der Waals surface area contributed by atoms with Gasteiger partial charge < -0.3 is 9.64 Å². The highest BCUT2D eigenvalue weighted by molar-refractivity contribution is 6.26. The molecular formula is C28H25F3N4O3. The number of aromatic nitrogens is 2. The second-order valence-corrected chi connectivity index (χ2v) is 9.21. The van der Waals surface area contributed by atoms with E-state index in [9.17, 15) is 22.8 Å². The highest BCUT2D eigenvalue weighted by Gasteiger charge is 2.37. The van der Waals surface area contributed by atoms with E-state index in [1.807, 2.05) is 25.9 Å². The molecule has 10 heteroatoms. The zero-order chi connectivity index (χ0) is 27.2. The number of carbonyl (C=O) groups is 2. The Morgan fingerprint density at radius 3 is 2.34 bits per heavy atom. The molecule has 38 heavy (non-hydrogen) atoms. The first-order valence-corrected chi connectivity index (χ1v) is 12.1. The third kappa shape index (κ3) is 4.41. The van der Waals surface area contributed by atoms with E-state index in [0.717, 1.165) is 6.07 Å². The topological polar surface area (TPSA) is 67.7 Å². The van der Waals surface area contributed by atoms with Crippen molar-refractivity contribution in [1.29, 1.82) is 0 Å². The summed E-state index contributed by atoms with van der Waals surface area (Å²) < 4.78 is 48.1. The number of imide groups is 1. The van der Waals surface area contributed by atoms with Crippen LogP contribution in [-0.2, 0) is 6.18 Å². The molecule has 1 aliphatic heterocycles. The van der Waals surface area contributed by atoms with Gasteiger partial charge in [-0.05, 0) is 57.4 Å². The van der Waals surface area contributed by atoms with Crippen LogP contribution in [0.25, 0.3) is 27.7 Å². The van der Waals surface area contributed by atoms with Crippen LogP contribution in [0.4, 0.5) is 13.2 Å². The Morgan fingerprint density at radius 2 is 1.66 bits per heavy atom. The van der Waals surface area contributed by atoms with Gasteiger partial charge in [-0.1, -0.05) is 24.3 Å². The molecule has 0 N–H and O–H groups in total. The van der Waals surface area contributed by atoms with Crippen LogP contribution in [0.5, 0.6) is 5.75 Å². The molecule has 0 aliphatic carbocycles. The molecule has 7 nitrogen and oxygen atoms in total. The molecule has 0 bridgehead atoms. The number of amides is 2. The Kier molecular flexibility index (Phi) is 6.44. The smallest absolute Gasteiger partial charge is 0.435 e. The maximum atomic E-state index is 13.8. The van der Waals surface area contributed by atoms with E-state index in [2.05, 4.69) is 5.10 Å². The number of halogens is 3. The Labute approximate surface area is 217 Å². The van der Waals surface area contributed by atoms with Crippen molar-refractivity contribution in [2.24, 2.45) is 0 Å². The molecule has 196 valence electrons. The lowest BCUT2D eigenvalue weighted by Gasteiger charge is -2.28. The number of benzene rings is 3. The summed E-state index contributed by atoms with van der Waals surface area (Å²) in [5, 5.41) is 4.78. The molecule has 0 unspecified atom stereocenters. The second kappa shape index (κ2) is 9.60. The molecule has 1 aromatic heterocycles. The van der Waals surface area contributed by atoms with Crippen molar-refractivity contribution in [2.75, 3.05) is 33.8 Å². The number of rotatable bonds is 7. The standard InChI is InChI=1S/C28H25F3N4O3/c1-4-38-18-8-5-7-17(15-18)23-16-24(28(29,30)31)32-35(23)22-12-11-21-25-19(22)9-6-10-20(25)26(36)34(27(21)37)14-13-33(2)3/h5-12,15-16H,4,13-14H2,1-3H3. The van der Waals surface area contributed by atoms with Gasteiger partial charge in [0.25, 0.3) is 11.8 Å². The average molecular weight is 523 g/mol. The predicted octanol–water partition coefficient (Wildman–Crippen LogP) is 5.27. The van der Waals surface area contributed by atoms with Crippen molar-refractivity contribution in [3.05, 3.63) is 77.5 Å². The summed E-state index contributed by atoms with van der Waals surface area (Å²) in [5.41, 5.74) is 0.570. The molecule has 0 atom stereocenters. The Morgan fingerprint density at radius 1 is 0.947 bits per heavy atom. The minimum Gasteiger partial charge on any atom is -0.494 e. The van der Waals surface area contributed by atoms with E-state index in [1.165, 1.54) is 9.58 Å². The van der Waals surface area contributed by atoms with Gasteiger partial charge in [0.15, 0.2) is 5.69 Å². The van der Waals surface area contributed by atoms with Gasteiger partial charge in [0.2, 0.25) is 0 Å². The number of hydrogen-bond donors (Lipinski definition) is 0. The van der Waals surface area contributed by atoms with Gasteiger partial charge in [-0.3, -0.25) is 14.5 Å². The van der Waals surface area contributed by atoms with Crippen molar-refractivity contribution in [3.63, 3.8) is 0 Å². The van der Waals surface area contributed by atoms with Crippen molar-refractivity contribution >= 4 is 22.6 Å². The van der Waals surface area contributed by atoms with Gasteiger partial charge >= 0.3 is 6.18 Å². The molecule has 0 saturated heterocycles. The number of alkyl halides is 3. The maximum absolute atomic E-state index is 13.8. The van der Waals surface area contributed by atoms with E-state index in [0.29, 0.717) is 52.1 Å². The number of nitrogens with zero attached hydrogens (tertiary/aromatic N) is 4. The molecule has 2 heterocycles. The fourth-order valence-electron chi connectivity index (χ4n) is 4.64. The number of likely N-dealkylation sites (N-methyl/N-ethyl adjacent to an activating group) is 1. The van der Waals surface area contributed by atoms with Crippen LogP contribution in [0.1, 0.15) is 33.3 Å². The summed E-state index contributed by atoms with van der Waals surface area (Å²) in [7, 11) is 3.70. The van der Waals surface area contributed by atoms with E-state index < -0.39 is 23.7 Å². The zero-order valence-corrected chi connectivity index (χ0v) is 21.0. The number of carbonyl (C=O) groups excluding carboxylic acids is 2. The molecule has 1 aliphatic rings. The lowest BCUT2D eigenvalue weighted by atomic mass is 9.93. The van der Waals surface area contributed by atoms with Crippen LogP contribution in [-0.4, -0.2) is 65.2 Å². The fourth-order valence-corrected chi connectivity index (χ4v) is 4.64. The Balaban J connectivity index is 1.71. The van der Waals surface area contributed by atoms with Crippen LogP contribution < -0.4 is 4.74 Å². The lowest BCUT2D eigenvalue weighted by molar-refractivity contribution is -0.141. The van der Waals surface area contributed by atoms with Crippen LogP contribution >= 0.6 is 0 Å². The third-order valence-electron chi connectivity index (χ3n) is 6.41. The van der Waals surface area contributed by atoms with E-state index in [-0.39, 0.29) is 12.2 Å². The molecule has 3 aromatic carbocycles. The lowest BCUT2D eigenvalue weighted by Crippen LogP contribution is -2.43. The monoisotopic (exact) mass is 522 g/mol. The number of ether oxygens (including phenoxy) is 1. The van der Waals surface area contributed by atoms with Gasteiger partial charge in [-0.25, -0.2) is 4.68 Å². The van der Waals surface area contributed by atoms with Gasteiger partial charge in [0.05, 0.1) is 18.0 Å². The SMILES string of the molecule is CCOc1cccc(-c2cc(C(F)(F)F)nn2-c2ccc3c4c(cccc24)C(=O)N(CCN(C)C)C3=O)c1. The zero-order valence-electron chi connectivity index (χ0n) is 21.0. The normalized spacial score (nSPS) is 13.6.